The Hall–Kier alpha value is -0.460. The molecule has 0 aliphatic heterocycles. The van der Waals surface area contributed by atoms with Crippen molar-refractivity contribution in [2.75, 3.05) is 32.8 Å². The summed E-state index contributed by atoms with van der Waals surface area (Å²) in [4.78, 5) is 1.88. The molecule has 0 saturated heterocycles. The number of hydrogen-bond donors (Lipinski definition) is 4. The van der Waals surface area contributed by atoms with E-state index in [9.17, 15) is 10.2 Å². The third-order valence-electron chi connectivity index (χ3n) is 3.35. The smallest absolute Gasteiger partial charge is 0.0897 e. The zero-order chi connectivity index (χ0) is 15.9. The Morgan fingerprint density at radius 2 is 1.38 bits per heavy atom. The zero-order valence-corrected chi connectivity index (χ0v) is 13.3. The van der Waals surface area contributed by atoms with E-state index in [1.54, 1.807) is 0 Å². The molecule has 21 heavy (non-hydrogen) atoms. The zero-order valence-electron chi connectivity index (χ0n) is 13.3. The molecule has 0 aromatic heterocycles. The molecule has 126 valence electrons. The number of allylic oxidation sites excluding steroid dienone is 2. The molecule has 0 aromatic rings. The molecule has 0 fully saturated rings. The Kier molecular flexibility index (Phi) is 14.2. The second-order valence-corrected chi connectivity index (χ2v) is 5.54. The third kappa shape index (κ3) is 13.0. The minimum absolute atomic E-state index is 0.289. The fraction of sp³-hybridized carbons (Fsp3) is 0.875. The molecule has 2 atom stereocenters. The van der Waals surface area contributed by atoms with Gasteiger partial charge in [-0.05, 0) is 32.2 Å². The number of hydrogen-bond acceptors (Lipinski definition) is 5. The van der Waals surface area contributed by atoms with Crippen molar-refractivity contribution >= 4 is 0 Å². The number of aliphatic hydroxyl groups is 4. The molecule has 0 amide bonds. The number of rotatable bonds is 14. The van der Waals surface area contributed by atoms with Crippen LogP contribution in [-0.2, 0) is 0 Å². The molecule has 0 spiro atoms. The minimum Gasteiger partial charge on any atom is -0.394 e. The molecule has 0 rings (SSSR count). The van der Waals surface area contributed by atoms with Crippen LogP contribution >= 0.6 is 0 Å². The normalized spacial score (nSPS) is 15.0. The van der Waals surface area contributed by atoms with Crippen LogP contribution in [-0.4, -0.2) is 70.4 Å². The molecule has 4 N–H and O–H groups in total. The van der Waals surface area contributed by atoms with Crippen LogP contribution in [0.2, 0.25) is 0 Å². The van der Waals surface area contributed by atoms with Crippen LogP contribution in [0, 0.1) is 0 Å². The average Bonchev–Trinajstić information content (AvgIpc) is 2.49. The van der Waals surface area contributed by atoms with Gasteiger partial charge >= 0.3 is 0 Å². The summed E-state index contributed by atoms with van der Waals surface area (Å²) in [5, 5.41) is 36.7. The summed E-state index contributed by atoms with van der Waals surface area (Å²) < 4.78 is 0. The second kappa shape index (κ2) is 14.5. The first-order valence-electron chi connectivity index (χ1n) is 8.09. The maximum absolute atomic E-state index is 9.49. The van der Waals surface area contributed by atoms with Crippen LogP contribution in [0.5, 0.6) is 0 Å². The van der Waals surface area contributed by atoms with E-state index in [-0.39, 0.29) is 13.2 Å². The summed E-state index contributed by atoms with van der Waals surface area (Å²) >= 11 is 0. The Bertz CT molecular complexity index is 236. The summed E-state index contributed by atoms with van der Waals surface area (Å²) in [6, 6.07) is 0. The monoisotopic (exact) mass is 303 g/mol. The van der Waals surface area contributed by atoms with Crippen molar-refractivity contribution in [3.05, 3.63) is 12.2 Å². The molecule has 0 heterocycles. The Balaban J connectivity index is 3.88. The predicted octanol–water partition coefficient (Wildman–Crippen LogP) is 0.911. The molecule has 0 radical (unpaired) electrons. The molecule has 0 aliphatic carbocycles. The first-order valence-corrected chi connectivity index (χ1v) is 8.09. The largest absolute Gasteiger partial charge is 0.394 e. The highest BCUT2D eigenvalue weighted by Gasteiger charge is 2.14. The van der Waals surface area contributed by atoms with Gasteiger partial charge < -0.3 is 20.4 Å². The average molecular weight is 303 g/mol. The van der Waals surface area contributed by atoms with Crippen molar-refractivity contribution < 1.29 is 20.4 Å². The molecular formula is C16H33NO4. The molecule has 2 unspecified atom stereocenters. The maximum atomic E-state index is 9.49. The minimum atomic E-state index is -0.805. The van der Waals surface area contributed by atoms with E-state index in [2.05, 4.69) is 19.1 Å². The van der Waals surface area contributed by atoms with Crippen LogP contribution < -0.4 is 0 Å². The van der Waals surface area contributed by atoms with Gasteiger partial charge in [-0.25, -0.2) is 0 Å². The van der Waals surface area contributed by atoms with Gasteiger partial charge in [0.2, 0.25) is 0 Å². The Labute approximate surface area is 128 Å². The van der Waals surface area contributed by atoms with Crippen molar-refractivity contribution in [2.24, 2.45) is 0 Å². The van der Waals surface area contributed by atoms with Crippen molar-refractivity contribution in [1.29, 1.82) is 0 Å². The van der Waals surface area contributed by atoms with Gasteiger partial charge in [-0.15, -0.1) is 0 Å². The number of unbranched alkanes of at least 4 members (excludes halogenated alkanes) is 4. The Morgan fingerprint density at radius 1 is 0.857 bits per heavy atom. The molecule has 0 aliphatic rings. The summed E-state index contributed by atoms with van der Waals surface area (Å²) in [7, 11) is 0. The van der Waals surface area contributed by atoms with Crippen LogP contribution in [0.25, 0.3) is 0 Å². The van der Waals surface area contributed by atoms with Crippen molar-refractivity contribution in [3.63, 3.8) is 0 Å². The first-order chi connectivity index (χ1) is 10.1. The fourth-order valence-electron chi connectivity index (χ4n) is 2.15. The number of nitrogens with zero attached hydrogens (tertiary/aromatic N) is 1. The van der Waals surface area contributed by atoms with Crippen LogP contribution in [0.1, 0.15) is 45.4 Å². The molecule has 0 bridgehead atoms. The lowest BCUT2D eigenvalue weighted by Gasteiger charge is -2.25. The first kappa shape index (κ1) is 20.5. The van der Waals surface area contributed by atoms with E-state index < -0.39 is 12.2 Å². The highest BCUT2D eigenvalue weighted by Crippen LogP contribution is 2.03. The van der Waals surface area contributed by atoms with E-state index in [4.69, 9.17) is 10.2 Å². The van der Waals surface area contributed by atoms with Crippen LogP contribution in [0.3, 0.4) is 0 Å². The summed E-state index contributed by atoms with van der Waals surface area (Å²) in [6.45, 7) is 2.97. The van der Waals surface area contributed by atoms with Gasteiger partial charge in [0.1, 0.15) is 0 Å². The molecule has 0 aromatic carbocycles. The van der Waals surface area contributed by atoms with Crippen molar-refractivity contribution in [2.45, 2.75) is 57.7 Å². The van der Waals surface area contributed by atoms with E-state index in [1.807, 2.05) is 4.90 Å². The highest BCUT2D eigenvalue weighted by molar-refractivity contribution is 4.82. The topological polar surface area (TPSA) is 84.2 Å². The van der Waals surface area contributed by atoms with Gasteiger partial charge in [-0.1, -0.05) is 31.9 Å². The van der Waals surface area contributed by atoms with Crippen molar-refractivity contribution in [3.8, 4) is 0 Å². The van der Waals surface area contributed by atoms with Gasteiger partial charge in [0.15, 0.2) is 0 Å². The van der Waals surface area contributed by atoms with E-state index >= 15 is 0 Å². The quantitative estimate of drug-likeness (QED) is 0.283. The second-order valence-electron chi connectivity index (χ2n) is 5.54. The van der Waals surface area contributed by atoms with E-state index in [0.717, 1.165) is 25.8 Å². The molecule has 5 nitrogen and oxygen atoms in total. The lowest BCUT2D eigenvalue weighted by molar-refractivity contribution is 0.0231. The highest BCUT2D eigenvalue weighted by atomic mass is 16.3. The van der Waals surface area contributed by atoms with E-state index in [1.165, 1.54) is 19.3 Å². The lowest BCUT2D eigenvalue weighted by Crippen LogP contribution is -2.40. The third-order valence-corrected chi connectivity index (χ3v) is 3.35. The van der Waals surface area contributed by atoms with Crippen LogP contribution in [0.4, 0.5) is 0 Å². The molecule has 0 saturated carbocycles. The molecule has 5 heteroatoms. The van der Waals surface area contributed by atoms with Gasteiger partial charge in [-0.3, -0.25) is 4.90 Å². The summed E-state index contributed by atoms with van der Waals surface area (Å²) in [6.07, 6.45) is 9.56. The maximum Gasteiger partial charge on any atom is 0.0897 e. The molecular weight excluding hydrogens is 270 g/mol. The standard InChI is InChI=1S/C16H33NO4/c1-2-3-4-5-6-7-8-9-10-17(11-15(20)13-18)12-16(21)14-19/h6-7,15-16,18-21H,2-5,8-14H2,1H3/b7-6+. The van der Waals surface area contributed by atoms with Gasteiger partial charge in [0, 0.05) is 13.1 Å². The number of aliphatic hydroxyl groups excluding tert-OH is 4. The summed E-state index contributed by atoms with van der Waals surface area (Å²) in [5.41, 5.74) is 0. The van der Waals surface area contributed by atoms with E-state index in [0.29, 0.717) is 13.1 Å². The predicted molar refractivity (Wildman–Crippen MR) is 85.1 cm³/mol. The Morgan fingerprint density at radius 3 is 1.86 bits per heavy atom. The lowest BCUT2D eigenvalue weighted by atomic mass is 10.2. The SMILES string of the molecule is CCCCC/C=C/CCCN(CC(O)CO)CC(O)CO. The van der Waals surface area contributed by atoms with Gasteiger partial charge in [0.05, 0.1) is 25.4 Å². The summed E-state index contributed by atoms with van der Waals surface area (Å²) in [5.74, 6) is 0. The van der Waals surface area contributed by atoms with Gasteiger partial charge in [-0.2, -0.15) is 0 Å². The van der Waals surface area contributed by atoms with Crippen LogP contribution in [0.15, 0.2) is 12.2 Å². The van der Waals surface area contributed by atoms with Crippen molar-refractivity contribution in [1.82, 2.24) is 4.90 Å². The van der Waals surface area contributed by atoms with Gasteiger partial charge in [0.25, 0.3) is 0 Å². The fourth-order valence-corrected chi connectivity index (χ4v) is 2.15.